The lowest BCUT2D eigenvalue weighted by Gasteiger charge is -2.25. The third-order valence-electron chi connectivity index (χ3n) is 4.39. The van der Waals surface area contributed by atoms with E-state index in [-0.39, 0.29) is 18.3 Å². The minimum absolute atomic E-state index is 0.141. The van der Waals surface area contributed by atoms with Gasteiger partial charge < -0.3 is 9.84 Å². The van der Waals surface area contributed by atoms with Crippen LogP contribution in [0.3, 0.4) is 0 Å². The Bertz CT molecular complexity index is 936. The van der Waals surface area contributed by atoms with Crippen molar-refractivity contribution in [3.8, 4) is 11.3 Å². The first-order valence-electron chi connectivity index (χ1n) is 8.67. The predicted molar refractivity (Wildman–Crippen MR) is 101 cm³/mol. The molecule has 0 saturated carbocycles. The Balaban J connectivity index is 1.72. The number of aryl methyl sites for hydroxylation is 1. The van der Waals surface area contributed by atoms with E-state index in [2.05, 4.69) is 10.5 Å². The maximum atomic E-state index is 13.9. The summed E-state index contributed by atoms with van der Waals surface area (Å²) in [4.78, 5) is 14.6. The van der Waals surface area contributed by atoms with E-state index in [0.717, 1.165) is 11.1 Å². The summed E-state index contributed by atoms with van der Waals surface area (Å²) in [7, 11) is 3.73. The number of nitrogens with zero attached hydrogens (tertiary/aromatic N) is 2. The number of aromatic nitrogens is 1. The van der Waals surface area contributed by atoms with Crippen LogP contribution in [0, 0.1) is 12.7 Å². The van der Waals surface area contributed by atoms with Gasteiger partial charge >= 0.3 is 0 Å². The van der Waals surface area contributed by atoms with Crippen LogP contribution < -0.4 is 5.32 Å². The number of carbonyl (C=O) groups excluding carboxylic acids is 1. The Hall–Kier alpha value is -2.99. The Morgan fingerprint density at radius 3 is 2.59 bits per heavy atom. The number of rotatable bonds is 6. The van der Waals surface area contributed by atoms with Gasteiger partial charge in [-0.3, -0.25) is 9.69 Å². The van der Waals surface area contributed by atoms with Crippen LogP contribution in [-0.2, 0) is 11.3 Å². The molecule has 0 radical (unpaired) electrons. The molecule has 5 nitrogen and oxygen atoms in total. The average Bonchev–Trinajstić information content (AvgIpc) is 3.11. The van der Waals surface area contributed by atoms with Gasteiger partial charge in [0.15, 0.2) is 5.76 Å². The Morgan fingerprint density at radius 2 is 1.89 bits per heavy atom. The van der Waals surface area contributed by atoms with E-state index in [0.29, 0.717) is 17.0 Å². The SMILES string of the molecule is Cc1ccccc1C(C(=O)NCc1cc(-c2ccccc2F)no1)N(C)C. The number of nitrogens with one attached hydrogen (secondary N) is 1. The molecule has 0 aliphatic carbocycles. The molecular formula is C21H22FN3O2. The fourth-order valence-electron chi connectivity index (χ4n) is 3.01. The van der Waals surface area contributed by atoms with Crippen molar-refractivity contribution in [2.45, 2.75) is 19.5 Å². The first-order chi connectivity index (χ1) is 13.0. The fourth-order valence-corrected chi connectivity index (χ4v) is 3.01. The first-order valence-corrected chi connectivity index (χ1v) is 8.67. The molecule has 6 heteroatoms. The van der Waals surface area contributed by atoms with E-state index in [1.165, 1.54) is 6.07 Å². The van der Waals surface area contributed by atoms with Crippen LogP contribution in [0.4, 0.5) is 4.39 Å². The highest BCUT2D eigenvalue weighted by atomic mass is 19.1. The molecule has 0 aliphatic rings. The summed E-state index contributed by atoms with van der Waals surface area (Å²) in [6.07, 6.45) is 0. The maximum Gasteiger partial charge on any atom is 0.242 e. The molecule has 1 aromatic heterocycles. The first kappa shape index (κ1) is 18.8. The van der Waals surface area contributed by atoms with E-state index in [4.69, 9.17) is 4.52 Å². The normalized spacial score (nSPS) is 12.2. The Labute approximate surface area is 157 Å². The second kappa shape index (κ2) is 8.14. The monoisotopic (exact) mass is 367 g/mol. The number of amides is 1. The molecule has 27 heavy (non-hydrogen) atoms. The van der Waals surface area contributed by atoms with E-state index < -0.39 is 6.04 Å². The van der Waals surface area contributed by atoms with Gasteiger partial charge in [0.05, 0.1) is 6.54 Å². The number of hydrogen-bond acceptors (Lipinski definition) is 4. The number of benzene rings is 2. The van der Waals surface area contributed by atoms with Crippen LogP contribution in [0.2, 0.25) is 0 Å². The van der Waals surface area contributed by atoms with E-state index >= 15 is 0 Å². The molecule has 1 N–H and O–H groups in total. The zero-order valence-corrected chi connectivity index (χ0v) is 15.6. The van der Waals surface area contributed by atoms with Crippen LogP contribution in [0.15, 0.2) is 59.1 Å². The molecule has 2 aromatic carbocycles. The molecular weight excluding hydrogens is 345 g/mol. The molecule has 140 valence electrons. The van der Waals surface area contributed by atoms with Crippen molar-refractivity contribution in [3.63, 3.8) is 0 Å². The third-order valence-corrected chi connectivity index (χ3v) is 4.39. The molecule has 3 aromatic rings. The second-order valence-corrected chi connectivity index (χ2v) is 6.60. The highest BCUT2D eigenvalue weighted by molar-refractivity contribution is 5.83. The zero-order chi connectivity index (χ0) is 19.4. The van der Waals surface area contributed by atoms with Crippen molar-refractivity contribution >= 4 is 5.91 Å². The Morgan fingerprint density at radius 1 is 1.19 bits per heavy atom. The van der Waals surface area contributed by atoms with Gasteiger partial charge in [0, 0.05) is 11.6 Å². The molecule has 0 bridgehead atoms. The van der Waals surface area contributed by atoms with Gasteiger partial charge in [0.1, 0.15) is 17.6 Å². The number of halogens is 1. The van der Waals surface area contributed by atoms with Crippen LogP contribution in [0.5, 0.6) is 0 Å². The van der Waals surface area contributed by atoms with Gasteiger partial charge in [-0.1, -0.05) is 41.6 Å². The van der Waals surface area contributed by atoms with Crippen molar-refractivity contribution < 1.29 is 13.7 Å². The average molecular weight is 367 g/mol. The van der Waals surface area contributed by atoms with Gasteiger partial charge in [-0.05, 0) is 44.3 Å². The topological polar surface area (TPSA) is 58.4 Å². The minimum Gasteiger partial charge on any atom is -0.359 e. The standard InChI is InChI=1S/C21H22FN3O2/c1-14-8-4-5-9-16(14)20(25(2)3)21(26)23-13-15-12-19(24-27-15)17-10-6-7-11-18(17)22/h4-12,20H,13H2,1-3H3,(H,23,26). The van der Waals surface area contributed by atoms with Crippen molar-refractivity contribution in [3.05, 3.63) is 77.3 Å². The lowest BCUT2D eigenvalue weighted by Crippen LogP contribution is -2.37. The molecule has 0 spiro atoms. The van der Waals surface area contributed by atoms with Gasteiger partial charge in [-0.2, -0.15) is 0 Å². The highest BCUT2D eigenvalue weighted by Crippen LogP contribution is 2.24. The van der Waals surface area contributed by atoms with Gasteiger partial charge in [0.2, 0.25) is 5.91 Å². The molecule has 0 saturated heterocycles. The van der Waals surface area contributed by atoms with Crippen LogP contribution in [0.1, 0.15) is 22.9 Å². The summed E-state index contributed by atoms with van der Waals surface area (Å²) < 4.78 is 19.1. The van der Waals surface area contributed by atoms with Crippen molar-refractivity contribution in [1.29, 1.82) is 0 Å². The quantitative estimate of drug-likeness (QED) is 0.722. The molecule has 1 unspecified atom stereocenters. The number of likely N-dealkylation sites (N-methyl/N-ethyl adjacent to an activating group) is 1. The lowest BCUT2D eigenvalue weighted by molar-refractivity contribution is -0.126. The van der Waals surface area contributed by atoms with E-state index in [9.17, 15) is 9.18 Å². The highest BCUT2D eigenvalue weighted by Gasteiger charge is 2.24. The van der Waals surface area contributed by atoms with Crippen LogP contribution in [-0.4, -0.2) is 30.1 Å². The van der Waals surface area contributed by atoms with Gasteiger partial charge in [0.25, 0.3) is 0 Å². The largest absolute Gasteiger partial charge is 0.359 e. The minimum atomic E-state index is -0.417. The Kier molecular flexibility index (Phi) is 5.66. The summed E-state index contributed by atoms with van der Waals surface area (Å²) in [5.74, 6) is -0.0457. The van der Waals surface area contributed by atoms with E-state index in [1.807, 2.05) is 50.2 Å². The number of hydrogen-bond donors (Lipinski definition) is 1. The van der Waals surface area contributed by atoms with Crippen molar-refractivity contribution in [2.24, 2.45) is 0 Å². The predicted octanol–water partition coefficient (Wildman–Crippen LogP) is 3.71. The van der Waals surface area contributed by atoms with Crippen molar-refractivity contribution in [1.82, 2.24) is 15.4 Å². The summed E-state index contributed by atoms with van der Waals surface area (Å²) in [6, 6.07) is 15.4. The lowest BCUT2D eigenvalue weighted by atomic mass is 10.00. The molecule has 1 amide bonds. The van der Waals surface area contributed by atoms with E-state index in [1.54, 1.807) is 24.3 Å². The third kappa shape index (κ3) is 4.23. The fraction of sp³-hybridized carbons (Fsp3) is 0.238. The van der Waals surface area contributed by atoms with Gasteiger partial charge in [-0.25, -0.2) is 4.39 Å². The smallest absolute Gasteiger partial charge is 0.242 e. The molecule has 3 rings (SSSR count). The summed E-state index contributed by atoms with van der Waals surface area (Å²) >= 11 is 0. The van der Waals surface area contributed by atoms with Crippen LogP contribution in [0.25, 0.3) is 11.3 Å². The summed E-state index contributed by atoms with van der Waals surface area (Å²) in [6.45, 7) is 2.16. The molecule has 1 heterocycles. The second-order valence-electron chi connectivity index (χ2n) is 6.60. The van der Waals surface area contributed by atoms with Crippen LogP contribution >= 0.6 is 0 Å². The number of carbonyl (C=O) groups is 1. The molecule has 0 fully saturated rings. The van der Waals surface area contributed by atoms with Gasteiger partial charge in [-0.15, -0.1) is 0 Å². The summed E-state index contributed by atoms with van der Waals surface area (Å²) in [5.41, 5.74) is 2.77. The van der Waals surface area contributed by atoms with Crippen molar-refractivity contribution in [2.75, 3.05) is 14.1 Å². The summed E-state index contributed by atoms with van der Waals surface area (Å²) in [5, 5.41) is 6.78. The zero-order valence-electron chi connectivity index (χ0n) is 15.6. The molecule has 1 atom stereocenters. The molecule has 0 aliphatic heterocycles. The maximum absolute atomic E-state index is 13.9.